The molecule has 9 nitrogen and oxygen atoms in total. The van der Waals surface area contributed by atoms with E-state index in [-0.39, 0.29) is 21.9 Å². The van der Waals surface area contributed by atoms with Gasteiger partial charge in [0, 0.05) is 11.6 Å². The smallest absolute Gasteiger partial charge is 0.337 e. The first-order valence-electron chi connectivity index (χ1n) is 7.87. The number of ether oxygens (including phenoxy) is 2. The fraction of sp³-hybridized carbons (Fsp3) is 0.167. The van der Waals surface area contributed by atoms with Crippen molar-refractivity contribution in [2.24, 2.45) is 0 Å². The van der Waals surface area contributed by atoms with E-state index in [9.17, 15) is 24.5 Å². The van der Waals surface area contributed by atoms with Crippen molar-refractivity contribution >= 4 is 35.1 Å². The first kappa shape index (κ1) is 20.8. The molecule has 1 amide bonds. The second-order valence-corrected chi connectivity index (χ2v) is 5.96. The molecule has 0 bridgehead atoms. The summed E-state index contributed by atoms with van der Waals surface area (Å²) in [4.78, 5) is 45.9. The van der Waals surface area contributed by atoms with Gasteiger partial charge in [0.2, 0.25) is 0 Å². The minimum atomic E-state index is -1.04. The van der Waals surface area contributed by atoms with Crippen molar-refractivity contribution in [2.75, 3.05) is 7.11 Å². The highest BCUT2D eigenvalue weighted by Crippen LogP contribution is 2.25. The predicted octanol–water partition coefficient (Wildman–Crippen LogP) is 2.76. The Morgan fingerprint density at radius 2 is 1.71 bits per heavy atom. The van der Waals surface area contributed by atoms with Crippen molar-refractivity contribution in [3.05, 3.63) is 68.7 Å². The lowest BCUT2D eigenvalue weighted by Gasteiger charge is -2.13. The zero-order chi connectivity index (χ0) is 20.8. The molecule has 28 heavy (non-hydrogen) atoms. The summed E-state index contributed by atoms with van der Waals surface area (Å²) in [6.45, 7) is 1.40. The van der Waals surface area contributed by atoms with Gasteiger partial charge < -0.3 is 14.8 Å². The summed E-state index contributed by atoms with van der Waals surface area (Å²) < 4.78 is 9.69. The molecule has 0 spiro atoms. The monoisotopic (exact) mass is 406 g/mol. The van der Waals surface area contributed by atoms with Gasteiger partial charge in [0.05, 0.1) is 17.6 Å². The molecular formula is C18H15ClN2O7. The third-order valence-electron chi connectivity index (χ3n) is 3.60. The first-order chi connectivity index (χ1) is 13.2. The van der Waals surface area contributed by atoms with Gasteiger partial charge >= 0.3 is 11.9 Å². The number of rotatable bonds is 6. The van der Waals surface area contributed by atoms with E-state index in [1.807, 2.05) is 0 Å². The SMILES string of the molecule is COC(=O)c1ccc(OC(=O)[C@H](C)NC(=O)c2ccc(Cl)c([N+](=O)[O-])c2)cc1. The molecule has 1 N–H and O–H groups in total. The Hall–Kier alpha value is -3.46. The third kappa shape index (κ3) is 5.04. The van der Waals surface area contributed by atoms with Gasteiger partial charge in [-0.15, -0.1) is 0 Å². The topological polar surface area (TPSA) is 125 Å². The maximum absolute atomic E-state index is 12.2. The van der Waals surface area contributed by atoms with Gasteiger partial charge in [-0.1, -0.05) is 11.6 Å². The van der Waals surface area contributed by atoms with Crippen molar-refractivity contribution in [3.8, 4) is 5.75 Å². The standard InChI is InChI=1S/C18H15ClN2O7/c1-10(17(23)28-13-6-3-11(4-7-13)18(24)27-2)20-16(22)12-5-8-14(19)15(9-12)21(25)26/h3-10H,1-2H3,(H,20,22)/t10-/m0/s1. The van der Waals surface area contributed by atoms with E-state index in [1.165, 1.54) is 50.4 Å². The molecule has 10 heteroatoms. The molecule has 0 radical (unpaired) electrons. The molecular weight excluding hydrogens is 392 g/mol. The van der Waals surface area contributed by atoms with E-state index in [0.29, 0.717) is 0 Å². The van der Waals surface area contributed by atoms with Gasteiger partial charge in [-0.3, -0.25) is 14.9 Å². The van der Waals surface area contributed by atoms with Crippen LogP contribution in [0.2, 0.25) is 5.02 Å². The molecule has 1 atom stereocenters. The number of hydrogen-bond acceptors (Lipinski definition) is 7. The molecule has 2 aromatic carbocycles. The summed E-state index contributed by atoms with van der Waals surface area (Å²) in [6.07, 6.45) is 0. The van der Waals surface area contributed by atoms with Crippen LogP contribution >= 0.6 is 11.6 Å². The van der Waals surface area contributed by atoms with E-state index in [4.69, 9.17) is 16.3 Å². The number of nitrogens with one attached hydrogen (secondary N) is 1. The number of carbonyl (C=O) groups is 3. The second kappa shape index (κ2) is 8.96. The number of nitro benzene ring substituents is 1. The van der Waals surface area contributed by atoms with Gasteiger partial charge in [0.25, 0.3) is 11.6 Å². The second-order valence-electron chi connectivity index (χ2n) is 5.56. The molecule has 0 unspecified atom stereocenters. The van der Waals surface area contributed by atoms with Crippen LogP contribution in [0.15, 0.2) is 42.5 Å². The van der Waals surface area contributed by atoms with Crippen LogP contribution in [0.1, 0.15) is 27.6 Å². The van der Waals surface area contributed by atoms with Crippen LogP contribution in [0.3, 0.4) is 0 Å². The molecule has 0 aromatic heterocycles. The fourth-order valence-electron chi connectivity index (χ4n) is 2.11. The van der Waals surface area contributed by atoms with Crippen LogP contribution in [0.5, 0.6) is 5.75 Å². The van der Waals surface area contributed by atoms with Crippen molar-refractivity contribution in [2.45, 2.75) is 13.0 Å². The number of nitro groups is 1. The number of halogens is 1. The number of nitrogens with zero attached hydrogens (tertiary/aromatic N) is 1. The number of amides is 1. The maximum Gasteiger partial charge on any atom is 0.337 e. The molecule has 0 saturated heterocycles. The maximum atomic E-state index is 12.2. The average Bonchev–Trinajstić information content (AvgIpc) is 2.67. The highest BCUT2D eigenvalue weighted by Gasteiger charge is 2.21. The summed E-state index contributed by atoms with van der Waals surface area (Å²) in [7, 11) is 1.25. The molecule has 0 saturated carbocycles. The summed E-state index contributed by atoms with van der Waals surface area (Å²) in [5.74, 6) is -1.83. The van der Waals surface area contributed by atoms with Gasteiger partial charge in [-0.25, -0.2) is 9.59 Å². The molecule has 0 aliphatic heterocycles. The Balaban J connectivity index is 2.02. The minimum Gasteiger partial charge on any atom is -0.465 e. The molecule has 146 valence electrons. The summed E-state index contributed by atoms with van der Waals surface area (Å²) in [5, 5.41) is 13.2. The number of esters is 2. The molecule has 0 aliphatic carbocycles. The van der Waals surface area contributed by atoms with Crippen LogP contribution < -0.4 is 10.1 Å². The van der Waals surface area contributed by atoms with Crippen LogP contribution in [0, 0.1) is 10.1 Å². The molecule has 0 fully saturated rings. The molecule has 0 aliphatic rings. The van der Waals surface area contributed by atoms with E-state index >= 15 is 0 Å². The molecule has 2 aromatic rings. The summed E-state index contributed by atoms with van der Waals surface area (Å²) in [5.41, 5.74) is -0.165. The normalized spacial score (nSPS) is 11.2. The quantitative estimate of drug-likeness (QED) is 0.338. The van der Waals surface area contributed by atoms with E-state index < -0.39 is 34.5 Å². The van der Waals surface area contributed by atoms with Crippen molar-refractivity contribution in [3.63, 3.8) is 0 Å². The number of hydrogen-bond donors (Lipinski definition) is 1. The number of benzene rings is 2. The minimum absolute atomic E-state index is 0.0295. The average molecular weight is 407 g/mol. The Morgan fingerprint density at radius 1 is 1.11 bits per heavy atom. The van der Waals surface area contributed by atoms with Crippen LogP contribution in [-0.4, -0.2) is 35.9 Å². The Labute approximate surface area is 164 Å². The third-order valence-corrected chi connectivity index (χ3v) is 3.92. The van der Waals surface area contributed by atoms with E-state index in [0.717, 1.165) is 6.07 Å². The van der Waals surface area contributed by atoms with E-state index in [2.05, 4.69) is 10.1 Å². The summed E-state index contributed by atoms with van der Waals surface area (Å²) in [6, 6.07) is 8.15. The highest BCUT2D eigenvalue weighted by molar-refractivity contribution is 6.32. The Kier molecular flexibility index (Phi) is 6.67. The zero-order valence-corrected chi connectivity index (χ0v) is 15.6. The fourth-order valence-corrected chi connectivity index (χ4v) is 2.30. The lowest BCUT2D eigenvalue weighted by Crippen LogP contribution is -2.40. The molecule has 2 rings (SSSR count). The van der Waals surface area contributed by atoms with E-state index in [1.54, 1.807) is 0 Å². The van der Waals surface area contributed by atoms with Gasteiger partial charge in [0.15, 0.2) is 0 Å². The Bertz CT molecular complexity index is 928. The summed E-state index contributed by atoms with van der Waals surface area (Å²) >= 11 is 5.71. The molecule has 0 heterocycles. The zero-order valence-electron chi connectivity index (χ0n) is 14.8. The van der Waals surface area contributed by atoms with Gasteiger partial charge in [0.1, 0.15) is 16.8 Å². The van der Waals surface area contributed by atoms with Crippen LogP contribution in [0.25, 0.3) is 0 Å². The first-order valence-corrected chi connectivity index (χ1v) is 8.25. The Morgan fingerprint density at radius 3 is 2.29 bits per heavy atom. The highest BCUT2D eigenvalue weighted by atomic mass is 35.5. The largest absolute Gasteiger partial charge is 0.465 e. The number of methoxy groups -OCH3 is 1. The predicted molar refractivity (Wildman–Crippen MR) is 98.5 cm³/mol. The van der Waals surface area contributed by atoms with Crippen LogP contribution in [0.4, 0.5) is 5.69 Å². The van der Waals surface area contributed by atoms with Crippen molar-refractivity contribution in [1.82, 2.24) is 5.32 Å². The van der Waals surface area contributed by atoms with Crippen LogP contribution in [-0.2, 0) is 9.53 Å². The van der Waals surface area contributed by atoms with Crippen molar-refractivity contribution < 1.29 is 28.8 Å². The van der Waals surface area contributed by atoms with Gasteiger partial charge in [-0.05, 0) is 43.3 Å². The lowest BCUT2D eigenvalue weighted by atomic mass is 10.1. The van der Waals surface area contributed by atoms with Crippen molar-refractivity contribution in [1.29, 1.82) is 0 Å². The van der Waals surface area contributed by atoms with Gasteiger partial charge in [-0.2, -0.15) is 0 Å². The number of carbonyl (C=O) groups excluding carboxylic acids is 3. The lowest BCUT2D eigenvalue weighted by molar-refractivity contribution is -0.384.